The molecule has 168 valence electrons. The van der Waals surface area contributed by atoms with E-state index in [4.69, 9.17) is 28.9 Å². The fourth-order valence-corrected chi connectivity index (χ4v) is 4.91. The van der Waals surface area contributed by atoms with Crippen LogP contribution >= 0.6 is 23.2 Å². The summed E-state index contributed by atoms with van der Waals surface area (Å²) >= 11 is 12.6. The van der Waals surface area contributed by atoms with E-state index in [9.17, 15) is 9.59 Å². The minimum Gasteiger partial charge on any atom is -0.366 e. The van der Waals surface area contributed by atoms with Crippen LogP contribution in [0.4, 0.5) is 5.69 Å². The molecule has 0 aromatic heterocycles. The van der Waals surface area contributed by atoms with Gasteiger partial charge in [0.1, 0.15) is 0 Å². The van der Waals surface area contributed by atoms with E-state index in [-0.39, 0.29) is 16.5 Å². The molecule has 4 aromatic rings. The first kappa shape index (κ1) is 22.2. The molecule has 1 aliphatic heterocycles. The SMILES string of the molecule is NC(=O)c1cc(Cl)cc(-c2ccc(C(=O)N3Cc4ccccc4Cc4ccccc43)cc2)c1Cl. The molecule has 2 amide bonds. The molecule has 0 atom stereocenters. The van der Waals surface area contributed by atoms with Crippen LogP contribution in [0.5, 0.6) is 0 Å². The molecule has 1 aliphatic rings. The summed E-state index contributed by atoms with van der Waals surface area (Å²) in [6.45, 7) is 0.496. The number of fused-ring (bicyclic) bond motifs is 2. The zero-order valence-corrected chi connectivity index (χ0v) is 19.6. The van der Waals surface area contributed by atoms with Gasteiger partial charge in [-0.05, 0) is 59.0 Å². The molecule has 0 saturated heterocycles. The smallest absolute Gasteiger partial charge is 0.258 e. The molecule has 34 heavy (non-hydrogen) atoms. The lowest BCUT2D eigenvalue weighted by Crippen LogP contribution is -2.30. The van der Waals surface area contributed by atoms with Gasteiger partial charge in [-0.2, -0.15) is 0 Å². The van der Waals surface area contributed by atoms with Crippen molar-refractivity contribution >= 4 is 40.7 Å². The molecule has 0 fully saturated rings. The van der Waals surface area contributed by atoms with Crippen molar-refractivity contribution in [3.8, 4) is 11.1 Å². The highest BCUT2D eigenvalue weighted by Crippen LogP contribution is 2.35. The summed E-state index contributed by atoms with van der Waals surface area (Å²) in [6.07, 6.45) is 0.782. The molecule has 5 rings (SSSR count). The Labute approximate surface area is 207 Å². The van der Waals surface area contributed by atoms with Gasteiger partial charge < -0.3 is 10.6 Å². The van der Waals surface area contributed by atoms with Gasteiger partial charge in [0, 0.05) is 21.8 Å². The topological polar surface area (TPSA) is 63.4 Å². The zero-order valence-electron chi connectivity index (χ0n) is 18.1. The van der Waals surface area contributed by atoms with Crippen LogP contribution in [-0.4, -0.2) is 11.8 Å². The third-order valence-electron chi connectivity index (χ3n) is 6.10. The van der Waals surface area contributed by atoms with Crippen LogP contribution in [0.1, 0.15) is 37.4 Å². The maximum absolute atomic E-state index is 13.7. The number of carbonyl (C=O) groups is 2. The molecule has 4 nitrogen and oxygen atoms in total. The number of primary amides is 1. The molecule has 0 radical (unpaired) electrons. The Kier molecular flexibility index (Phi) is 5.86. The summed E-state index contributed by atoms with van der Waals surface area (Å²) in [5.41, 5.74) is 11.8. The average Bonchev–Trinajstić information content (AvgIpc) is 3.01. The lowest BCUT2D eigenvalue weighted by atomic mass is 10.0. The number of nitrogens with two attached hydrogens (primary N) is 1. The Morgan fingerprint density at radius 3 is 2.15 bits per heavy atom. The molecular formula is C28H20Cl2N2O2. The number of nitrogens with zero attached hydrogens (tertiary/aromatic N) is 1. The van der Waals surface area contributed by atoms with Gasteiger partial charge in [0.2, 0.25) is 5.91 Å². The van der Waals surface area contributed by atoms with Crippen LogP contribution < -0.4 is 10.6 Å². The van der Waals surface area contributed by atoms with E-state index in [1.165, 1.54) is 11.6 Å². The summed E-state index contributed by atoms with van der Waals surface area (Å²) in [4.78, 5) is 27.2. The number of carbonyl (C=O) groups excluding carboxylic acids is 2. The summed E-state index contributed by atoms with van der Waals surface area (Å²) in [5.74, 6) is -0.744. The molecule has 0 aliphatic carbocycles. The summed E-state index contributed by atoms with van der Waals surface area (Å²) in [7, 11) is 0. The maximum atomic E-state index is 13.7. The van der Waals surface area contributed by atoms with Gasteiger partial charge in [-0.3, -0.25) is 9.59 Å². The fourth-order valence-electron chi connectivity index (χ4n) is 4.38. The molecule has 2 N–H and O–H groups in total. The molecular weight excluding hydrogens is 467 g/mol. The van der Waals surface area contributed by atoms with E-state index in [0.29, 0.717) is 22.7 Å². The molecule has 6 heteroatoms. The van der Waals surface area contributed by atoms with Crippen molar-refractivity contribution in [1.29, 1.82) is 0 Å². The van der Waals surface area contributed by atoms with E-state index in [0.717, 1.165) is 28.8 Å². The third kappa shape index (κ3) is 4.07. The number of halogens is 2. The Hall–Kier alpha value is -3.60. The number of rotatable bonds is 3. The van der Waals surface area contributed by atoms with Crippen LogP contribution in [0.2, 0.25) is 10.0 Å². The van der Waals surface area contributed by atoms with Crippen molar-refractivity contribution in [1.82, 2.24) is 0 Å². The number of amides is 2. The Morgan fingerprint density at radius 2 is 1.44 bits per heavy atom. The van der Waals surface area contributed by atoms with E-state index < -0.39 is 5.91 Å². The first-order chi connectivity index (χ1) is 16.4. The highest BCUT2D eigenvalue weighted by molar-refractivity contribution is 6.38. The van der Waals surface area contributed by atoms with Gasteiger partial charge in [0.15, 0.2) is 0 Å². The molecule has 0 bridgehead atoms. The minimum absolute atomic E-state index is 0.0919. The van der Waals surface area contributed by atoms with Crippen LogP contribution in [-0.2, 0) is 13.0 Å². The Bertz CT molecular complexity index is 1430. The number of para-hydroxylation sites is 1. The zero-order chi connectivity index (χ0) is 23.8. The molecule has 0 unspecified atom stereocenters. The van der Waals surface area contributed by atoms with Crippen molar-refractivity contribution in [2.75, 3.05) is 4.90 Å². The molecule has 1 heterocycles. The Morgan fingerprint density at radius 1 is 0.794 bits per heavy atom. The highest BCUT2D eigenvalue weighted by atomic mass is 35.5. The monoisotopic (exact) mass is 486 g/mol. The van der Waals surface area contributed by atoms with Crippen molar-refractivity contribution in [2.45, 2.75) is 13.0 Å². The van der Waals surface area contributed by atoms with E-state index in [1.807, 2.05) is 35.2 Å². The standard InChI is InChI=1S/C28H20Cl2N2O2/c29-22-14-23(26(30)24(15-22)27(31)33)17-9-11-18(12-10-17)28(34)32-16-21-7-2-1-5-19(21)13-20-6-3-4-8-25(20)32/h1-12,14-15H,13,16H2,(H2,31,33). The van der Waals surface area contributed by atoms with Gasteiger partial charge >= 0.3 is 0 Å². The number of hydrogen-bond acceptors (Lipinski definition) is 2. The third-order valence-corrected chi connectivity index (χ3v) is 6.73. The fraction of sp³-hybridized carbons (Fsp3) is 0.0714. The van der Waals surface area contributed by atoms with Gasteiger partial charge in [0.25, 0.3) is 5.91 Å². The van der Waals surface area contributed by atoms with Crippen LogP contribution in [0.15, 0.2) is 84.9 Å². The first-order valence-electron chi connectivity index (χ1n) is 10.8. The largest absolute Gasteiger partial charge is 0.366 e. The first-order valence-corrected chi connectivity index (χ1v) is 11.5. The summed E-state index contributed by atoms with van der Waals surface area (Å²) in [6, 6.07) is 26.5. The quantitative estimate of drug-likeness (QED) is 0.358. The van der Waals surface area contributed by atoms with Crippen molar-refractivity contribution in [3.05, 3.63) is 123 Å². The average molecular weight is 487 g/mol. The second-order valence-electron chi connectivity index (χ2n) is 8.22. The van der Waals surface area contributed by atoms with Gasteiger partial charge in [-0.25, -0.2) is 0 Å². The normalized spacial score (nSPS) is 12.5. The predicted octanol–water partition coefficient (Wildman–Crippen LogP) is 6.51. The van der Waals surface area contributed by atoms with Gasteiger partial charge in [-0.15, -0.1) is 0 Å². The minimum atomic E-state index is -0.652. The van der Waals surface area contributed by atoms with Gasteiger partial charge in [0.05, 0.1) is 17.1 Å². The van der Waals surface area contributed by atoms with Crippen LogP contribution in [0.25, 0.3) is 11.1 Å². The van der Waals surface area contributed by atoms with E-state index in [1.54, 1.807) is 30.3 Å². The summed E-state index contributed by atoms with van der Waals surface area (Å²) < 4.78 is 0. The van der Waals surface area contributed by atoms with Crippen molar-refractivity contribution in [3.63, 3.8) is 0 Å². The van der Waals surface area contributed by atoms with E-state index in [2.05, 4.69) is 18.2 Å². The number of anilines is 1. The predicted molar refractivity (Wildman–Crippen MR) is 137 cm³/mol. The molecule has 0 spiro atoms. The second-order valence-corrected chi connectivity index (χ2v) is 9.04. The van der Waals surface area contributed by atoms with Crippen LogP contribution in [0, 0.1) is 0 Å². The number of hydrogen-bond donors (Lipinski definition) is 1. The lowest BCUT2D eigenvalue weighted by Gasteiger charge is -2.23. The highest BCUT2D eigenvalue weighted by Gasteiger charge is 2.25. The Balaban J connectivity index is 1.51. The lowest BCUT2D eigenvalue weighted by molar-refractivity contribution is 0.0981. The van der Waals surface area contributed by atoms with E-state index >= 15 is 0 Å². The van der Waals surface area contributed by atoms with Crippen molar-refractivity contribution < 1.29 is 9.59 Å². The molecule has 0 saturated carbocycles. The number of benzene rings is 4. The maximum Gasteiger partial charge on any atom is 0.258 e. The van der Waals surface area contributed by atoms with Gasteiger partial charge in [-0.1, -0.05) is 77.8 Å². The molecule has 4 aromatic carbocycles. The summed E-state index contributed by atoms with van der Waals surface area (Å²) in [5, 5.41) is 0.585. The van der Waals surface area contributed by atoms with Crippen molar-refractivity contribution in [2.24, 2.45) is 5.73 Å². The van der Waals surface area contributed by atoms with Crippen LogP contribution in [0.3, 0.4) is 0 Å². The second kappa shape index (κ2) is 8.98.